The SMILES string of the molecule is C=CC[C@H](COCCCCCCCCCCCCCCCCCC)COCc1ccccc1.[H-].[Na+]. The Kier molecular flexibility index (Phi) is 27.4. The van der Waals surface area contributed by atoms with Gasteiger partial charge in [-0.15, -0.1) is 6.58 Å². The van der Waals surface area contributed by atoms with Crippen molar-refractivity contribution in [2.24, 2.45) is 5.92 Å². The van der Waals surface area contributed by atoms with Crippen LogP contribution in [-0.4, -0.2) is 19.8 Å². The summed E-state index contributed by atoms with van der Waals surface area (Å²) in [7, 11) is 0. The van der Waals surface area contributed by atoms with E-state index in [1.165, 1.54) is 108 Å². The fourth-order valence-corrected chi connectivity index (χ4v) is 4.34. The van der Waals surface area contributed by atoms with Crippen molar-refractivity contribution < 1.29 is 40.5 Å². The van der Waals surface area contributed by atoms with Crippen LogP contribution < -0.4 is 29.6 Å². The van der Waals surface area contributed by atoms with Gasteiger partial charge in [0.25, 0.3) is 0 Å². The van der Waals surface area contributed by atoms with Crippen molar-refractivity contribution >= 4 is 0 Å². The minimum absolute atomic E-state index is 0. The zero-order chi connectivity index (χ0) is 23.7. The molecule has 0 aliphatic heterocycles. The maximum Gasteiger partial charge on any atom is 1.00 e. The van der Waals surface area contributed by atoms with Crippen LogP contribution in [0.1, 0.15) is 123 Å². The first-order valence-electron chi connectivity index (χ1n) is 14.2. The smallest absolute Gasteiger partial charge is 1.00 e. The van der Waals surface area contributed by atoms with Crippen LogP contribution in [0.3, 0.4) is 0 Å². The molecule has 192 valence electrons. The summed E-state index contributed by atoms with van der Waals surface area (Å²) in [5.74, 6) is 0.410. The van der Waals surface area contributed by atoms with E-state index in [4.69, 9.17) is 9.47 Å². The first-order valence-corrected chi connectivity index (χ1v) is 14.2. The Bertz CT molecular complexity index is 526. The molecule has 2 nitrogen and oxygen atoms in total. The van der Waals surface area contributed by atoms with Crippen molar-refractivity contribution in [1.29, 1.82) is 0 Å². The van der Waals surface area contributed by atoms with E-state index in [9.17, 15) is 0 Å². The standard InChI is InChI=1S/C31H54O2.Na.H/c1-3-5-6-7-8-9-10-11-12-13-14-15-16-17-18-22-26-32-28-31(23-4-2)29-33-27-30-24-20-19-21-25-30;;/h4,19-21,24-25,31H,2-3,5-18,22-23,26-29H2,1H3;;/q;+1;-1/t31-;;/m1../s1. The van der Waals surface area contributed by atoms with Crippen molar-refractivity contribution in [2.75, 3.05) is 19.8 Å². The van der Waals surface area contributed by atoms with E-state index in [0.717, 1.165) is 26.2 Å². The maximum atomic E-state index is 5.94. The minimum Gasteiger partial charge on any atom is -1.00 e. The van der Waals surface area contributed by atoms with E-state index in [0.29, 0.717) is 12.5 Å². The van der Waals surface area contributed by atoms with Crippen LogP contribution in [0.5, 0.6) is 0 Å². The Balaban J connectivity index is 0. The molecule has 0 saturated carbocycles. The summed E-state index contributed by atoms with van der Waals surface area (Å²) < 4.78 is 11.8. The first-order chi connectivity index (χ1) is 16.4. The van der Waals surface area contributed by atoms with Crippen LogP contribution in [0.4, 0.5) is 0 Å². The van der Waals surface area contributed by atoms with Gasteiger partial charge in [0, 0.05) is 12.5 Å². The van der Waals surface area contributed by atoms with Gasteiger partial charge in [-0.2, -0.15) is 0 Å². The maximum absolute atomic E-state index is 5.94. The van der Waals surface area contributed by atoms with E-state index < -0.39 is 0 Å². The molecule has 0 spiro atoms. The molecule has 0 aliphatic rings. The van der Waals surface area contributed by atoms with Gasteiger partial charge in [0.15, 0.2) is 0 Å². The van der Waals surface area contributed by atoms with Gasteiger partial charge in [-0.1, -0.05) is 140 Å². The van der Waals surface area contributed by atoms with Crippen molar-refractivity contribution in [3.8, 4) is 0 Å². The molecule has 0 saturated heterocycles. The molecular formula is C31H55NaO2. The van der Waals surface area contributed by atoms with E-state index in [-0.39, 0.29) is 31.0 Å². The van der Waals surface area contributed by atoms with Gasteiger partial charge >= 0.3 is 29.6 Å². The molecule has 0 radical (unpaired) electrons. The van der Waals surface area contributed by atoms with Crippen LogP contribution in [0.15, 0.2) is 43.0 Å². The third-order valence-electron chi connectivity index (χ3n) is 6.46. The molecule has 1 atom stereocenters. The van der Waals surface area contributed by atoms with Gasteiger partial charge in [-0.05, 0) is 18.4 Å². The average Bonchev–Trinajstić information content (AvgIpc) is 2.84. The van der Waals surface area contributed by atoms with Crippen molar-refractivity contribution in [1.82, 2.24) is 0 Å². The quantitative estimate of drug-likeness (QED) is 0.0868. The molecule has 1 aromatic carbocycles. The zero-order valence-electron chi connectivity index (χ0n) is 23.9. The molecule has 0 unspecified atom stereocenters. The number of benzene rings is 1. The number of hydrogen-bond donors (Lipinski definition) is 0. The molecule has 3 heteroatoms. The Hall–Kier alpha value is -0.120. The van der Waals surface area contributed by atoms with Crippen molar-refractivity contribution in [3.05, 3.63) is 48.6 Å². The van der Waals surface area contributed by atoms with Gasteiger partial charge in [0.2, 0.25) is 0 Å². The largest absolute Gasteiger partial charge is 1.00 e. The van der Waals surface area contributed by atoms with Gasteiger partial charge in [-0.3, -0.25) is 0 Å². The monoisotopic (exact) mass is 482 g/mol. The number of rotatable bonds is 25. The third kappa shape index (κ3) is 22.4. The average molecular weight is 483 g/mol. The van der Waals surface area contributed by atoms with Crippen LogP contribution in [0.25, 0.3) is 0 Å². The number of allylic oxidation sites excluding steroid dienone is 1. The summed E-state index contributed by atoms with van der Waals surface area (Å²) in [4.78, 5) is 0. The van der Waals surface area contributed by atoms with Gasteiger partial charge in [0.05, 0.1) is 19.8 Å². The van der Waals surface area contributed by atoms with E-state index in [1.54, 1.807) is 0 Å². The molecule has 0 amide bonds. The second-order valence-corrected chi connectivity index (χ2v) is 9.77. The summed E-state index contributed by atoms with van der Waals surface area (Å²) in [6, 6.07) is 10.4. The number of ether oxygens (including phenoxy) is 2. The molecule has 34 heavy (non-hydrogen) atoms. The predicted molar refractivity (Wildman–Crippen MR) is 146 cm³/mol. The summed E-state index contributed by atoms with van der Waals surface area (Å²) in [6.45, 7) is 9.25. The molecular weight excluding hydrogens is 427 g/mol. The number of unbranched alkanes of at least 4 members (excludes halogenated alkanes) is 15. The molecule has 0 aromatic heterocycles. The van der Waals surface area contributed by atoms with Gasteiger partial charge in [-0.25, -0.2) is 0 Å². The summed E-state index contributed by atoms with van der Waals surface area (Å²) in [5.41, 5.74) is 1.23. The van der Waals surface area contributed by atoms with Gasteiger partial charge < -0.3 is 10.9 Å². The fourth-order valence-electron chi connectivity index (χ4n) is 4.34. The fraction of sp³-hybridized carbons (Fsp3) is 0.742. The van der Waals surface area contributed by atoms with E-state index >= 15 is 0 Å². The van der Waals surface area contributed by atoms with Crippen LogP contribution in [0, 0.1) is 5.92 Å². The second kappa shape index (κ2) is 27.5. The molecule has 0 bridgehead atoms. The third-order valence-corrected chi connectivity index (χ3v) is 6.46. The molecule has 1 rings (SSSR count). The minimum atomic E-state index is 0. The Morgan fingerprint density at radius 3 is 1.68 bits per heavy atom. The second-order valence-electron chi connectivity index (χ2n) is 9.77. The molecule has 0 N–H and O–H groups in total. The Morgan fingerprint density at radius 2 is 1.18 bits per heavy atom. The van der Waals surface area contributed by atoms with Crippen LogP contribution >= 0.6 is 0 Å². The predicted octanol–water partition coefficient (Wildman–Crippen LogP) is 6.79. The summed E-state index contributed by atoms with van der Waals surface area (Å²) in [5, 5.41) is 0. The Morgan fingerprint density at radius 1 is 0.706 bits per heavy atom. The van der Waals surface area contributed by atoms with Crippen molar-refractivity contribution in [3.63, 3.8) is 0 Å². The normalized spacial score (nSPS) is 11.8. The van der Waals surface area contributed by atoms with Crippen LogP contribution in [-0.2, 0) is 16.1 Å². The number of hydrogen-bond acceptors (Lipinski definition) is 2. The molecule has 0 heterocycles. The van der Waals surface area contributed by atoms with Gasteiger partial charge in [0.1, 0.15) is 0 Å². The summed E-state index contributed by atoms with van der Waals surface area (Å²) in [6.07, 6.45) is 25.4. The molecule has 1 aromatic rings. The van der Waals surface area contributed by atoms with E-state index in [1.807, 2.05) is 12.1 Å². The van der Waals surface area contributed by atoms with E-state index in [2.05, 4.69) is 37.8 Å². The Labute approximate surface area is 236 Å². The van der Waals surface area contributed by atoms with Crippen molar-refractivity contribution in [2.45, 2.75) is 123 Å². The zero-order valence-corrected chi connectivity index (χ0v) is 24.9. The first kappa shape index (κ1) is 33.9. The molecule has 0 aliphatic carbocycles. The molecule has 0 fully saturated rings. The van der Waals surface area contributed by atoms with Crippen LogP contribution in [0.2, 0.25) is 0 Å². The summed E-state index contributed by atoms with van der Waals surface area (Å²) >= 11 is 0. The topological polar surface area (TPSA) is 18.5 Å².